The monoisotopic (exact) mass is 281 g/mol. The highest BCUT2D eigenvalue weighted by atomic mass is 16.3. The molecule has 2 saturated carbocycles. The molecule has 0 aromatic heterocycles. The Hall–Kier alpha value is -0.0800. The summed E-state index contributed by atoms with van der Waals surface area (Å²) in [4.78, 5) is 0. The Balaban J connectivity index is 2.10. The van der Waals surface area contributed by atoms with Gasteiger partial charge in [0.25, 0.3) is 0 Å². The topological polar surface area (TPSA) is 46.2 Å². The predicted octanol–water partition coefficient (Wildman–Crippen LogP) is 4.25. The minimum Gasteiger partial charge on any atom is -0.389 e. The average Bonchev–Trinajstić information content (AvgIpc) is 2.64. The molecule has 0 spiro atoms. The molecule has 0 unspecified atom stereocenters. The molecule has 0 aliphatic heterocycles. The zero-order valence-electron chi connectivity index (χ0n) is 13.9. The summed E-state index contributed by atoms with van der Waals surface area (Å²) in [6, 6.07) is 0. The fraction of sp³-hybridized carbons (Fsp3) is 1.00. The standard InChI is InChI=1S/C18H35NO/c1-16(2,3)15-8-12-18(20,13-9-15)17(14-19)10-6-4-5-7-11-17/h15,20H,4-14,19H2,1-3H3. The van der Waals surface area contributed by atoms with E-state index < -0.39 is 5.60 Å². The predicted molar refractivity (Wildman–Crippen MR) is 85.6 cm³/mol. The van der Waals surface area contributed by atoms with Gasteiger partial charge in [-0.1, -0.05) is 46.5 Å². The van der Waals surface area contributed by atoms with Crippen molar-refractivity contribution in [3.63, 3.8) is 0 Å². The summed E-state index contributed by atoms with van der Waals surface area (Å²) in [5.41, 5.74) is 6.07. The number of hydrogen-bond donors (Lipinski definition) is 2. The normalized spacial score (nSPS) is 35.5. The van der Waals surface area contributed by atoms with Crippen molar-refractivity contribution in [1.29, 1.82) is 0 Å². The van der Waals surface area contributed by atoms with Crippen molar-refractivity contribution >= 4 is 0 Å². The van der Waals surface area contributed by atoms with Crippen LogP contribution >= 0.6 is 0 Å². The van der Waals surface area contributed by atoms with Crippen LogP contribution in [0.15, 0.2) is 0 Å². The lowest BCUT2D eigenvalue weighted by Crippen LogP contribution is -2.54. The molecule has 0 radical (unpaired) electrons. The van der Waals surface area contributed by atoms with Gasteiger partial charge in [0.1, 0.15) is 0 Å². The summed E-state index contributed by atoms with van der Waals surface area (Å²) < 4.78 is 0. The maximum atomic E-state index is 11.4. The quantitative estimate of drug-likeness (QED) is 0.743. The molecule has 2 fully saturated rings. The van der Waals surface area contributed by atoms with Gasteiger partial charge in [0, 0.05) is 12.0 Å². The van der Waals surface area contributed by atoms with Crippen molar-refractivity contribution in [1.82, 2.24) is 0 Å². The Morgan fingerprint density at radius 1 is 0.950 bits per heavy atom. The number of hydrogen-bond acceptors (Lipinski definition) is 2. The van der Waals surface area contributed by atoms with E-state index in [1.807, 2.05) is 0 Å². The lowest BCUT2D eigenvalue weighted by Gasteiger charge is -2.52. The number of nitrogens with two attached hydrogens (primary N) is 1. The van der Waals surface area contributed by atoms with Gasteiger partial charge in [0.15, 0.2) is 0 Å². The molecule has 0 aromatic carbocycles. The first-order chi connectivity index (χ1) is 9.33. The van der Waals surface area contributed by atoms with E-state index in [0.29, 0.717) is 12.0 Å². The van der Waals surface area contributed by atoms with Gasteiger partial charge in [-0.3, -0.25) is 0 Å². The van der Waals surface area contributed by atoms with Crippen LogP contribution in [0.1, 0.15) is 85.0 Å². The Kier molecular flexibility index (Phi) is 4.86. The van der Waals surface area contributed by atoms with E-state index in [-0.39, 0.29) is 5.41 Å². The molecule has 0 saturated heterocycles. The van der Waals surface area contributed by atoms with Crippen molar-refractivity contribution in [3.05, 3.63) is 0 Å². The van der Waals surface area contributed by atoms with Gasteiger partial charge in [0.05, 0.1) is 5.60 Å². The maximum Gasteiger partial charge on any atom is 0.0716 e. The van der Waals surface area contributed by atoms with Crippen LogP contribution in [-0.2, 0) is 0 Å². The highest BCUT2D eigenvalue weighted by Crippen LogP contribution is 2.52. The van der Waals surface area contributed by atoms with Crippen LogP contribution < -0.4 is 5.73 Å². The largest absolute Gasteiger partial charge is 0.389 e. The summed E-state index contributed by atoms with van der Waals surface area (Å²) in [5, 5.41) is 11.4. The number of aliphatic hydroxyl groups is 1. The second-order valence-electron chi connectivity index (χ2n) is 8.57. The first-order valence-corrected chi connectivity index (χ1v) is 8.75. The van der Waals surface area contributed by atoms with Crippen LogP contribution in [0, 0.1) is 16.7 Å². The van der Waals surface area contributed by atoms with Crippen LogP contribution in [0.5, 0.6) is 0 Å². The van der Waals surface area contributed by atoms with E-state index >= 15 is 0 Å². The molecule has 2 rings (SSSR count). The molecule has 0 bridgehead atoms. The van der Waals surface area contributed by atoms with Gasteiger partial charge in [0.2, 0.25) is 0 Å². The molecule has 2 heteroatoms. The summed E-state index contributed by atoms with van der Waals surface area (Å²) in [5.74, 6) is 0.753. The molecule has 2 nitrogen and oxygen atoms in total. The van der Waals surface area contributed by atoms with E-state index in [1.165, 1.54) is 38.5 Å². The molecular formula is C18H35NO. The van der Waals surface area contributed by atoms with Gasteiger partial charge in [-0.25, -0.2) is 0 Å². The minimum atomic E-state index is -0.492. The van der Waals surface area contributed by atoms with Crippen molar-refractivity contribution in [3.8, 4) is 0 Å². The van der Waals surface area contributed by atoms with E-state index in [1.54, 1.807) is 0 Å². The van der Waals surface area contributed by atoms with Gasteiger partial charge in [-0.15, -0.1) is 0 Å². The molecule has 3 N–H and O–H groups in total. The van der Waals surface area contributed by atoms with Crippen molar-refractivity contribution in [2.24, 2.45) is 22.5 Å². The molecule has 2 aliphatic rings. The molecule has 20 heavy (non-hydrogen) atoms. The average molecular weight is 281 g/mol. The number of rotatable bonds is 2. The van der Waals surface area contributed by atoms with Gasteiger partial charge >= 0.3 is 0 Å². The van der Waals surface area contributed by atoms with E-state index in [4.69, 9.17) is 5.73 Å². The minimum absolute atomic E-state index is 0.00630. The van der Waals surface area contributed by atoms with Gasteiger partial charge in [-0.05, 0) is 49.9 Å². The third-order valence-corrected chi connectivity index (χ3v) is 6.48. The zero-order chi connectivity index (χ0) is 14.9. The molecule has 0 amide bonds. The van der Waals surface area contributed by atoms with Gasteiger partial charge < -0.3 is 10.8 Å². The smallest absolute Gasteiger partial charge is 0.0716 e. The van der Waals surface area contributed by atoms with Crippen LogP contribution in [0.3, 0.4) is 0 Å². The summed E-state index contributed by atoms with van der Waals surface area (Å²) in [7, 11) is 0. The molecule has 0 atom stereocenters. The second kappa shape index (κ2) is 5.96. The Morgan fingerprint density at radius 2 is 1.45 bits per heavy atom. The maximum absolute atomic E-state index is 11.4. The SMILES string of the molecule is CC(C)(C)C1CCC(O)(C2(CN)CCCCCC2)CC1. The lowest BCUT2D eigenvalue weighted by molar-refractivity contribution is -0.126. The molecule has 2 aliphatic carbocycles. The van der Waals surface area contributed by atoms with Crippen LogP contribution in [0.25, 0.3) is 0 Å². The van der Waals surface area contributed by atoms with Crippen LogP contribution in [-0.4, -0.2) is 17.3 Å². The lowest BCUT2D eigenvalue weighted by atomic mass is 9.58. The molecule has 0 aromatic rings. The summed E-state index contributed by atoms with van der Waals surface area (Å²) >= 11 is 0. The van der Waals surface area contributed by atoms with E-state index in [0.717, 1.165) is 31.6 Å². The highest BCUT2D eigenvalue weighted by Gasteiger charge is 2.51. The first kappa shape index (κ1) is 16.3. The van der Waals surface area contributed by atoms with E-state index in [9.17, 15) is 5.11 Å². The van der Waals surface area contributed by atoms with E-state index in [2.05, 4.69) is 20.8 Å². The van der Waals surface area contributed by atoms with Crippen molar-refractivity contribution in [2.45, 2.75) is 90.6 Å². The highest BCUT2D eigenvalue weighted by molar-refractivity contribution is 5.03. The fourth-order valence-corrected chi connectivity index (χ4v) is 4.76. The Labute approximate surface area is 125 Å². The molecule has 118 valence electrons. The molecular weight excluding hydrogens is 246 g/mol. The molecule has 0 heterocycles. The van der Waals surface area contributed by atoms with Crippen LogP contribution in [0.2, 0.25) is 0 Å². The third-order valence-electron chi connectivity index (χ3n) is 6.48. The second-order valence-corrected chi connectivity index (χ2v) is 8.57. The van der Waals surface area contributed by atoms with Crippen molar-refractivity contribution < 1.29 is 5.11 Å². The summed E-state index contributed by atoms with van der Waals surface area (Å²) in [6.45, 7) is 7.69. The summed E-state index contributed by atoms with van der Waals surface area (Å²) in [6.07, 6.45) is 11.7. The zero-order valence-corrected chi connectivity index (χ0v) is 13.9. The fourth-order valence-electron chi connectivity index (χ4n) is 4.76. The van der Waals surface area contributed by atoms with Gasteiger partial charge in [-0.2, -0.15) is 0 Å². The van der Waals surface area contributed by atoms with Crippen LogP contribution in [0.4, 0.5) is 0 Å². The van der Waals surface area contributed by atoms with Crippen molar-refractivity contribution in [2.75, 3.05) is 6.54 Å². The Bertz CT molecular complexity index is 302. The first-order valence-electron chi connectivity index (χ1n) is 8.75. The Morgan fingerprint density at radius 3 is 1.85 bits per heavy atom. The third kappa shape index (κ3) is 3.06.